The Morgan fingerprint density at radius 2 is 2.00 bits per heavy atom. The number of ketones is 1. The molecule has 1 heterocycles. The summed E-state index contributed by atoms with van der Waals surface area (Å²) in [5.41, 5.74) is 0. The molecule has 1 aromatic heterocycles. The van der Waals surface area contributed by atoms with E-state index in [9.17, 15) is 18.4 Å². The number of thiophene rings is 1. The molecule has 0 aliphatic heterocycles. The molecular formula is C7H3BrF2O3S. The monoisotopic (exact) mass is 284 g/mol. The molecule has 14 heavy (non-hydrogen) atoms. The molecule has 1 N–H and O–H groups in total. The van der Waals surface area contributed by atoms with Crippen molar-refractivity contribution < 1.29 is 23.5 Å². The molecule has 0 aliphatic carbocycles. The van der Waals surface area contributed by atoms with Crippen LogP contribution in [-0.4, -0.2) is 22.8 Å². The first-order valence-corrected chi connectivity index (χ1v) is 4.88. The summed E-state index contributed by atoms with van der Waals surface area (Å²) in [5, 5.41) is 8.10. The van der Waals surface area contributed by atoms with E-state index >= 15 is 0 Å². The van der Waals surface area contributed by atoms with Crippen molar-refractivity contribution in [3.8, 4) is 0 Å². The van der Waals surface area contributed by atoms with Crippen molar-refractivity contribution in [2.24, 2.45) is 0 Å². The highest BCUT2D eigenvalue weighted by atomic mass is 79.9. The number of rotatable bonds is 3. The van der Waals surface area contributed by atoms with Gasteiger partial charge in [0, 0.05) is 0 Å². The van der Waals surface area contributed by atoms with Gasteiger partial charge < -0.3 is 5.11 Å². The van der Waals surface area contributed by atoms with E-state index < -0.39 is 17.7 Å². The summed E-state index contributed by atoms with van der Waals surface area (Å²) in [6, 6.07) is 2.55. The third-order valence-corrected chi connectivity index (χ3v) is 2.97. The Hall–Kier alpha value is -0.820. The summed E-state index contributed by atoms with van der Waals surface area (Å²) in [6.07, 6.45) is 0. The predicted octanol–water partition coefficient (Wildman–Crippen LogP) is 2.41. The van der Waals surface area contributed by atoms with E-state index in [-0.39, 0.29) is 4.88 Å². The van der Waals surface area contributed by atoms with Crippen molar-refractivity contribution in [2.45, 2.75) is 5.92 Å². The van der Waals surface area contributed by atoms with Crippen molar-refractivity contribution in [3.63, 3.8) is 0 Å². The van der Waals surface area contributed by atoms with Gasteiger partial charge in [0.2, 0.25) is 0 Å². The highest BCUT2D eigenvalue weighted by Crippen LogP contribution is 2.28. The van der Waals surface area contributed by atoms with Gasteiger partial charge in [-0.3, -0.25) is 4.79 Å². The van der Waals surface area contributed by atoms with Crippen molar-refractivity contribution >= 4 is 39.0 Å². The Morgan fingerprint density at radius 3 is 2.36 bits per heavy atom. The molecule has 0 atom stereocenters. The number of halogens is 3. The predicted molar refractivity (Wildman–Crippen MR) is 48.9 cm³/mol. The van der Waals surface area contributed by atoms with Crippen LogP contribution in [-0.2, 0) is 4.79 Å². The van der Waals surface area contributed by atoms with Gasteiger partial charge in [-0.2, -0.15) is 8.78 Å². The molecule has 7 heteroatoms. The molecule has 1 rings (SSSR count). The molecule has 0 amide bonds. The van der Waals surface area contributed by atoms with E-state index in [2.05, 4.69) is 15.9 Å². The Kier molecular flexibility index (Phi) is 3.01. The third-order valence-electron chi connectivity index (χ3n) is 1.35. The molecule has 3 nitrogen and oxygen atoms in total. The average molecular weight is 285 g/mol. The number of carbonyl (C=O) groups is 2. The molecule has 0 aliphatic rings. The maximum absolute atomic E-state index is 12.7. The van der Waals surface area contributed by atoms with Crippen LogP contribution in [0.25, 0.3) is 0 Å². The van der Waals surface area contributed by atoms with Crippen molar-refractivity contribution in [3.05, 3.63) is 20.8 Å². The third kappa shape index (κ3) is 1.98. The second-order valence-electron chi connectivity index (χ2n) is 2.31. The standard InChI is InChI=1S/C7H3BrF2O3S/c8-4-2-1-3(14-4)5(11)7(9,10)6(12)13/h1-2H,(H,12,13). The summed E-state index contributed by atoms with van der Waals surface area (Å²) in [7, 11) is 0. The fraction of sp³-hybridized carbons (Fsp3) is 0.143. The number of Topliss-reactive ketones (excluding diaryl/α,β-unsaturated/α-hetero) is 1. The second-order valence-corrected chi connectivity index (χ2v) is 4.78. The maximum atomic E-state index is 12.7. The summed E-state index contributed by atoms with van der Waals surface area (Å²) in [4.78, 5) is 20.8. The normalized spacial score (nSPS) is 11.4. The maximum Gasteiger partial charge on any atom is 0.404 e. The van der Waals surface area contributed by atoms with Gasteiger partial charge in [-0.05, 0) is 28.1 Å². The molecule has 0 radical (unpaired) electrons. The molecule has 0 saturated heterocycles. The van der Waals surface area contributed by atoms with Crippen molar-refractivity contribution in [1.82, 2.24) is 0 Å². The van der Waals surface area contributed by atoms with Crippen LogP contribution in [0.1, 0.15) is 9.67 Å². The first-order chi connectivity index (χ1) is 6.35. The zero-order valence-corrected chi connectivity index (χ0v) is 8.86. The lowest BCUT2D eigenvalue weighted by atomic mass is 10.2. The minimum atomic E-state index is -4.36. The van der Waals surface area contributed by atoms with E-state index in [1.54, 1.807) is 0 Å². The summed E-state index contributed by atoms with van der Waals surface area (Å²) in [6.45, 7) is 0. The van der Waals surface area contributed by atoms with Crippen LogP contribution >= 0.6 is 27.3 Å². The molecule has 0 unspecified atom stereocenters. The van der Waals surface area contributed by atoms with Crippen molar-refractivity contribution in [1.29, 1.82) is 0 Å². The van der Waals surface area contributed by atoms with E-state index in [1.807, 2.05) is 0 Å². The van der Waals surface area contributed by atoms with Gasteiger partial charge in [0.1, 0.15) is 0 Å². The van der Waals surface area contributed by atoms with Crippen LogP contribution in [0.15, 0.2) is 15.9 Å². The fourth-order valence-corrected chi connectivity index (χ4v) is 2.05. The highest BCUT2D eigenvalue weighted by Gasteiger charge is 2.48. The number of carboxylic acids is 1. The molecule has 0 aromatic carbocycles. The molecular weight excluding hydrogens is 282 g/mol. The first kappa shape index (κ1) is 11.3. The molecule has 1 aromatic rings. The minimum absolute atomic E-state index is 0.288. The topological polar surface area (TPSA) is 54.4 Å². The van der Waals surface area contributed by atoms with Gasteiger partial charge in [-0.15, -0.1) is 11.3 Å². The second kappa shape index (κ2) is 3.74. The van der Waals surface area contributed by atoms with Gasteiger partial charge in [0.15, 0.2) is 0 Å². The zero-order chi connectivity index (χ0) is 10.9. The van der Waals surface area contributed by atoms with Crippen LogP contribution in [0.5, 0.6) is 0 Å². The SMILES string of the molecule is O=C(O)C(F)(F)C(=O)c1ccc(Br)s1. The lowest BCUT2D eigenvalue weighted by molar-refractivity contribution is -0.157. The Bertz CT molecular complexity index is 388. The Morgan fingerprint density at radius 1 is 1.43 bits per heavy atom. The largest absolute Gasteiger partial charge is 0.476 e. The van der Waals surface area contributed by atoms with Crippen LogP contribution in [0.2, 0.25) is 0 Å². The average Bonchev–Trinajstić information content (AvgIpc) is 2.50. The van der Waals surface area contributed by atoms with Gasteiger partial charge in [0.05, 0.1) is 8.66 Å². The van der Waals surface area contributed by atoms with E-state index in [4.69, 9.17) is 5.11 Å². The molecule has 0 fully saturated rings. The van der Waals surface area contributed by atoms with Gasteiger partial charge in [-0.25, -0.2) is 4.79 Å². The Balaban J connectivity index is 3.02. The molecule has 0 bridgehead atoms. The lowest BCUT2D eigenvalue weighted by Crippen LogP contribution is -2.37. The molecule has 0 spiro atoms. The van der Waals surface area contributed by atoms with Crippen LogP contribution in [0, 0.1) is 0 Å². The Labute approximate surface area is 89.5 Å². The highest BCUT2D eigenvalue weighted by molar-refractivity contribution is 9.11. The van der Waals surface area contributed by atoms with Gasteiger partial charge in [-0.1, -0.05) is 0 Å². The fourth-order valence-electron chi connectivity index (χ4n) is 0.688. The van der Waals surface area contributed by atoms with E-state index in [0.29, 0.717) is 3.79 Å². The number of carboxylic acid groups (broad SMARTS) is 1. The van der Waals surface area contributed by atoms with Crippen LogP contribution in [0.4, 0.5) is 8.78 Å². The number of aliphatic carboxylic acids is 1. The zero-order valence-electron chi connectivity index (χ0n) is 6.46. The van der Waals surface area contributed by atoms with Gasteiger partial charge in [0.25, 0.3) is 5.78 Å². The number of hydrogen-bond donors (Lipinski definition) is 1. The number of carbonyl (C=O) groups excluding carboxylic acids is 1. The number of alkyl halides is 2. The number of hydrogen-bond acceptors (Lipinski definition) is 3. The molecule has 76 valence electrons. The molecule has 0 saturated carbocycles. The summed E-state index contributed by atoms with van der Waals surface area (Å²) in [5.74, 6) is -8.49. The summed E-state index contributed by atoms with van der Waals surface area (Å²) < 4.78 is 25.8. The van der Waals surface area contributed by atoms with E-state index in [0.717, 1.165) is 17.4 Å². The van der Waals surface area contributed by atoms with Gasteiger partial charge >= 0.3 is 11.9 Å². The summed E-state index contributed by atoms with van der Waals surface area (Å²) >= 11 is 3.74. The van der Waals surface area contributed by atoms with Crippen molar-refractivity contribution in [2.75, 3.05) is 0 Å². The first-order valence-electron chi connectivity index (χ1n) is 3.27. The van der Waals surface area contributed by atoms with E-state index in [1.165, 1.54) is 6.07 Å². The minimum Gasteiger partial charge on any atom is -0.476 e. The smallest absolute Gasteiger partial charge is 0.404 e. The quantitative estimate of drug-likeness (QED) is 0.685. The van der Waals surface area contributed by atoms with Crippen LogP contribution < -0.4 is 0 Å². The van der Waals surface area contributed by atoms with Crippen LogP contribution in [0.3, 0.4) is 0 Å². The lowest BCUT2D eigenvalue weighted by Gasteiger charge is -2.07.